The maximum absolute atomic E-state index is 12.9. The summed E-state index contributed by atoms with van der Waals surface area (Å²) >= 11 is 2.13. The summed E-state index contributed by atoms with van der Waals surface area (Å²) in [5, 5.41) is 3.29. The zero-order chi connectivity index (χ0) is 11.3. The lowest BCUT2D eigenvalue weighted by atomic mass is 10.0. The number of nitrogens with one attached hydrogen (secondary N) is 1. The summed E-state index contributed by atoms with van der Waals surface area (Å²) in [6.45, 7) is 2.87. The predicted octanol–water partition coefficient (Wildman–Crippen LogP) is 3.10. The molecule has 1 nitrogen and oxygen atoms in total. The Balaban J connectivity index is 2.95. The zero-order valence-corrected chi connectivity index (χ0v) is 10.7. The summed E-state index contributed by atoms with van der Waals surface area (Å²) in [7, 11) is 0. The Kier molecular flexibility index (Phi) is 5.06. The molecule has 80 valence electrons. The standard InChI is InChI=1S/C12H13FIN/c1-3-5-12(15-4-2)10-7-6-9(13)8-11(10)14/h1,6-8,12,15H,4-5H2,2H3. The van der Waals surface area contributed by atoms with Crippen LogP contribution in [0.15, 0.2) is 18.2 Å². The highest BCUT2D eigenvalue weighted by atomic mass is 127. The van der Waals surface area contributed by atoms with E-state index in [-0.39, 0.29) is 11.9 Å². The van der Waals surface area contributed by atoms with Gasteiger partial charge in [-0.3, -0.25) is 0 Å². The summed E-state index contributed by atoms with van der Waals surface area (Å²) in [6.07, 6.45) is 5.93. The summed E-state index contributed by atoms with van der Waals surface area (Å²) in [5.41, 5.74) is 1.07. The summed E-state index contributed by atoms with van der Waals surface area (Å²) < 4.78 is 13.8. The van der Waals surface area contributed by atoms with Gasteiger partial charge in [-0.15, -0.1) is 12.3 Å². The molecule has 0 radical (unpaired) electrons. The molecule has 0 aliphatic carbocycles. The van der Waals surface area contributed by atoms with E-state index >= 15 is 0 Å². The lowest BCUT2D eigenvalue weighted by Crippen LogP contribution is -2.21. The molecule has 0 spiro atoms. The molecule has 0 amide bonds. The van der Waals surface area contributed by atoms with E-state index < -0.39 is 0 Å². The topological polar surface area (TPSA) is 12.0 Å². The van der Waals surface area contributed by atoms with Crippen molar-refractivity contribution in [2.45, 2.75) is 19.4 Å². The molecule has 0 aromatic heterocycles. The Morgan fingerprint density at radius 1 is 1.60 bits per heavy atom. The number of benzene rings is 1. The summed E-state index contributed by atoms with van der Waals surface area (Å²) in [5.74, 6) is 2.42. The largest absolute Gasteiger partial charge is 0.309 e. The molecule has 0 bridgehead atoms. The highest BCUT2D eigenvalue weighted by molar-refractivity contribution is 14.1. The quantitative estimate of drug-likeness (QED) is 0.665. The fourth-order valence-electron chi connectivity index (χ4n) is 1.44. The fraction of sp³-hybridized carbons (Fsp3) is 0.333. The highest BCUT2D eigenvalue weighted by Crippen LogP contribution is 2.23. The fourth-order valence-corrected chi connectivity index (χ4v) is 2.29. The van der Waals surface area contributed by atoms with Crippen molar-refractivity contribution in [3.63, 3.8) is 0 Å². The first-order valence-electron chi connectivity index (χ1n) is 4.80. The van der Waals surface area contributed by atoms with Gasteiger partial charge in [0.2, 0.25) is 0 Å². The van der Waals surface area contributed by atoms with Crippen LogP contribution in [0, 0.1) is 21.7 Å². The third kappa shape index (κ3) is 3.47. The predicted molar refractivity (Wildman–Crippen MR) is 69.0 cm³/mol. The summed E-state index contributed by atoms with van der Waals surface area (Å²) in [6, 6.07) is 4.91. The van der Waals surface area contributed by atoms with Crippen molar-refractivity contribution in [1.82, 2.24) is 5.32 Å². The van der Waals surface area contributed by atoms with E-state index in [1.54, 1.807) is 6.07 Å². The minimum atomic E-state index is -0.209. The molecule has 15 heavy (non-hydrogen) atoms. The van der Waals surface area contributed by atoms with Crippen LogP contribution in [0.2, 0.25) is 0 Å². The van der Waals surface area contributed by atoms with E-state index in [2.05, 4.69) is 33.8 Å². The Labute approximate surface area is 104 Å². The number of terminal acetylenes is 1. The van der Waals surface area contributed by atoms with Crippen molar-refractivity contribution in [2.24, 2.45) is 0 Å². The SMILES string of the molecule is C#CCC(NCC)c1ccc(F)cc1I. The van der Waals surface area contributed by atoms with E-state index in [0.29, 0.717) is 6.42 Å². The lowest BCUT2D eigenvalue weighted by Gasteiger charge is -2.17. The smallest absolute Gasteiger partial charge is 0.124 e. The molecule has 0 saturated heterocycles. The molecule has 1 aromatic rings. The van der Waals surface area contributed by atoms with E-state index in [4.69, 9.17) is 6.42 Å². The molecule has 1 aromatic carbocycles. The van der Waals surface area contributed by atoms with Gasteiger partial charge in [-0.1, -0.05) is 13.0 Å². The van der Waals surface area contributed by atoms with Crippen molar-refractivity contribution in [3.8, 4) is 12.3 Å². The average molecular weight is 317 g/mol. The van der Waals surface area contributed by atoms with Gasteiger partial charge in [0.05, 0.1) is 0 Å². The molecular weight excluding hydrogens is 304 g/mol. The normalized spacial score (nSPS) is 12.1. The second kappa shape index (κ2) is 6.09. The van der Waals surface area contributed by atoms with Gasteiger partial charge in [0.1, 0.15) is 5.82 Å². The minimum absolute atomic E-state index is 0.118. The molecule has 1 N–H and O–H groups in total. The number of halogens is 2. The average Bonchev–Trinajstić information content (AvgIpc) is 2.17. The van der Waals surface area contributed by atoms with Gasteiger partial charge in [0.15, 0.2) is 0 Å². The molecule has 0 saturated carbocycles. The van der Waals surface area contributed by atoms with Gasteiger partial charge >= 0.3 is 0 Å². The zero-order valence-electron chi connectivity index (χ0n) is 8.56. The van der Waals surface area contributed by atoms with Crippen molar-refractivity contribution < 1.29 is 4.39 Å². The van der Waals surface area contributed by atoms with Crippen LogP contribution in [0.1, 0.15) is 24.9 Å². The van der Waals surface area contributed by atoms with Gasteiger partial charge in [-0.2, -0.15) is 0 Å². The molecule has 1 unspecified atom stereocenters. The minimum Gasteiger partial charge on any atom is -0.309 e. The maximum Gasteiger partial charge on any atom is 0.124 e. The van der Waals surface area contributed by atoms with Gasteiger partial charge in [-0.25, -0.2) is 4.39 Å². The van der Waals surface area contributed by atoms with Crippen LogP contribution in [0.5, 0.6) is 0 Å². The Hall–Kier alpha value is -0.600. The molecule has 0 aliphatic rings. The Morgan fingerprint density at radius 2 is 2.33 bits per heavy atom. The van der Waals surface area contributed by atoms with E-state index in [1.807, 2.05) is 6.92 Å². The van der Waals surface area contributed by atoms with Gasteiger partial charge in [0, 0.05) is 16.0 Å². The highest BCUT2D eigenvalue weighted by Gasteiger charge is 2.12. The third-order valence-electron chi connectivity index (χ3n) is 2.11. The first-order chi connectivity index (χ1) is 7.19. The lowest BCUT2D eigenvalue weighted by molar-refractivity contribution is 0.559. The molecule has 0 fully saturated rings. The Morgan fingerprint density at radius 3 is 2.87 bits per heavy atom. The number of hydrogen-bond donors (Lipinski definition) is 1. The van der Waals surface area contributed by atoms with Crippen LogP contribution in [-0.2, 0) is 0 Å². The third-order valence-corrected chi connectivity index (χ3v) is 3.04. The monoisotopic (exact) mass is 317 g/mol. The molecule has 0 heterocycles. The molecule has 0 aliphatic heterocycles. The van der Waals surface area contributed by atoms with Gasteiger partial charge < -0.3 is 5.32 Å². The summed E-state index contributed by atoms with van der Waals surface area (Å²) in [4.78, 5) is 0. The second-order valence-corrected chi connectivity index (χ2v) is 4.35. The molecule has 3 heteroatoms. The van der Waals surface area contributed by atoms with Gasteiger partial charge in [-0.05, 0) is 46.8 Å². The van der Waals surface area contributed by atoms with Crippen molar-refractivity contribution in [1.29, 1.82) is 0 Å². The van der Waals surface area contributed by atoms with Crippen LogP contribution in [-0.4, -0.2) is 6.54 Å². The molecular formula is C12H13FIN. The first-order valence-corrected chi connectivity index (χ1v) is 5.88. The van der Waals surface area contributed by atoms with E-state index in [9.17, 15) is 4.39 Å². The van der Waals surface area contributed by atoms with Crippen molar-refractivity contribution in [2.75, 3.05) is 6.54 Å². The van der Waals surface area contributed by atoms with Crippen LogP contribution in [0.3, 0.4) is 0 Å². The second-order valence-electron chi connectivity index (χ2n) is 3.18. The Bertz CT molecular complexity index is 370. The van der Waals surface area contributed by atoms with Crippen molar-refractivity contribution >= 4 is 22.6 Å². The first kappa shape index (κ1) is 12.5. The van der Waals surface area contributed by atoms with Crippen molar-refractivity contribution in [3.05, 3.63) is 33.1 Å². The van der Waals surface area contributed by atoms with Crippen LogP contribution >= 0.6 is 22.6 Å². The van der Waals surface area contributed by atoms with Crippen LogP contribution in [0.25, 0.3) is 0 Å². The molecule has 1 rings (SSSR count). The van der Waals surface area contributed by atoms with E-state index in [1.165, 1.54) is 12.1 Å². The van der Waals surface area contributed by atoms with E-state index in [0.717, 1.165) is 15.7 Å². The maximum atomic E-state index is 12.9. The number of rotatable bonds is 4. The number of hydrogen-bond acceptors (Lipinski definition) is 1. The van der Waals surface area contributed by atoms with Crippen LogP contribution < -0.4 is 5.32 Å². The van der Waals surface area contributed by atoms with Crippen LogP contribution in [0.4, 0.5) is 4.39 Å². The van der Waals surface area contributed by atoms with Gasteiger partial charge in [0.25, 0.3) is 0 Å². The molecule has 1 atom stereocenters.